The maximum atomic E-state index is 12.2. The summed E-state index contributed by atoms with van der Waals surface area (Å²) in [7, 11) is 1.91. The molecule has 1 aliphatic rings. The third-order valence-corrected chi connectivity index (χ3v) is 6.13. The van der Waals surface area contributed by atoms with E-state index in [0.29, 0.717) is 13.0 Å². The molecule has 0 aliphatic carbocycles. The Morgan fingerprint density at radius 1 is 1.31 bits per heavy atom. The molecule has 0 fully saturated rings. The van der Waals surface area contributed by atoms with Gasteiger partial charge in [-0.2, -0.15) is 0 Å². The van der Waals surface area contributed by atoms with Gasteiger partial charge in [-0.25, -0.2) is 0 Å². The zero-order chi connectivity index (χ0) is 18.4. The first kappa shape index (κ1) is 19.4. The molecule has 1 unspecified atom stereocenters. The Morgan fingerprint density at radius 3 is 2.88 bits per heavy atom. The smallest absolute Gasteiger partial charge is 0.220 e. The van der Waals surface area contributed by atoms with Crippen molar-refractivity contribution in [2.24, 2.45) is 0 Å². The van der Waals surface area contributed by atoms with E-state index in [0.717, 1.165) is 37.5 Å². The molecule has 1 atom stereocenters. The van der Waals surface area contributed by atoms with E-state index in [4.69, 9.17) is 11.6 Å². The lowest BCUT2D eigenvalue weighted by Gasteiger charge is -2.35. The van der Waals surface area contributed by atoms with Crippen molar-refractivity contribution in [2.45, 2.75) is 31.8 Å². The summed E-state index contributed by atoms with van der Waals surface area (Å²) in [6.45, 7) is 3.43. The van der Waals surface area contributed by atoms with Crippen molar-refractivity contribution in [3.8, 4) is 0 Å². The van der Waals surface area contributed by atoms with Gasteiger partial charge in [-0.1, -0.05) is 23.7 Å². The van der Waals surface area contributed by atoms with E-state index in [1.165, 1.54) is 16.0 Å². The third-order valence-electron chi connectivity index (χ3n) is 4.86. The second-order valence-electron chi connectivity index (χ2n) is 6.67. The Bertz CT molecular complexity index is 716. The number of benzene rings is 1. The largest absolute Gasteiger partial charge is 0.354 e. The summed E-state index contributed by atoms with van der Waals surface area (Å²) in [5.41, 5.74) is 2.61. The maximum absolute atomic E-state index is 12.2. The summed E-state index contributed by atoms with van der Waals surface area (Å²) in [6.07, 6.45) is 2.49. The van der Waals surface area contributed by atoms with Gasteiger partial charge in [0.15, 0.2) is 0 Å². The Kier molecular flexibility index (Phi) is 7.08. The molecule has 4 nitrogen and oxygen atoms in total. The SMILES string of the molecule is CNCCCC(=O)NCC(c1ccc(Cl)cc1)N1CCc2sccc2C1. The van der Waals surface area contributed by atoms with E-state index in [-0.39, 0.29) is 11.9 Å². The van der Waals surface area contributed by atoms with E-state index in [1.54, 1.807) is 0 Å². The molecule has 0 saturated carbocycles. The Labute approximate surface area is 164 Å². The lowest BCUT2D eigenvalue weighted by atomic mass is 10.0. The Morgan fingerprint density at radius 2 is 2.12 bits per heavy atom. The molecule has 140 valence electrons. The van der Waals surface area contributed by atoms with Crippen LogP contribution in [-0.2, 0) is 17.8 Å². The van der Waals surface area contributed by atoms with Crippen LogP contribution in [0.3, 0.4) is 0 Å². The molecule has 0 saturated heterocycles. The van der Waals surface area contributed by atoms with Gasteiger partial charge in [-0.15, -0.1) is 11.3 Å². The van der Waals surface area contributed by atoms with Gasteiger partial charge in [0, 0.05) is 36.0 Å². The fourth-order valence-electron chi connectivity index (χ4n) is 3.40. The number of carbonyl (C=O) groups excluding carboxylic acids is 1. The highest BCUT2D eigenvalue weighted by Gasteiger charge is 2.25. The molecule has 2 aromatic rings. The number of rotatable bonds is 8. The number of fused-ring (bicyclic) bond motifs is 1. The van der Waals surface area contributed by atoms with Gasteiger partial charge < -0.3 is 10.6 Å². The second-order valence-corrected chi connectivity index (χ2v) is 8.11. The van der Waals surface area contributed by atoms with Crippen LogP contribution >= 0.6 is 22.9 Å². The van der Waals surface area contributed by atoms with Crippen molar-refractivity contribution >= 4 is 28.8 Å². The van der Waals surface area contributed by atoms with E-state index in [1.807, 2.05) is 30.5 Å². The molecular weight excluding hydrogens is 366 g/mol. The summed E-state index contributed by atoms with van der Waals surface area (Å²) >= 11 is 7.91. The van der Waals surface area contributed by atoms with E-state index in [2.05, 4.69) is 39.1 Å². The summed E-state index contributed by atoms with van der Waals surface area (Å²) in [5, 5.41) is 9.12. The molecule has 2 heterocycles. The minimum atomic E-state index is 0.118. The Hall–Kier alpha value is -1.40. The van der Waals surface area contributed by atoms with Crippen LogP contribution in [0.1, 0.15) is 34.9 Å². The molecule has 1 amide bonds. The van der Waals surface area contributed by atoms with Crippen molar-refractivity contribution in [1.29, 1.82) is 0 Å². The van der Waals surface area contributed by atoms with Gasteiger partial charge in [0.05, 0.1) is 6.04 Å². The van der Waals surface area contributed by atoms with Gasteiger partial charge in [0.25, 0.3) is 0 Å². The van der Waals surface area contributed by atoms with Crippen molar-refractivity contribution in [1.82, 2.24) is 15.5 Å². The summed E-state index contributed by atoms with van der Waals surface area (Å²) in [6, 6.07) is 10.4. The van der Waals surface area contributed by atoms with Gasteiger partial charge >= 0.3 is 0 Å². The summed E-state index contributed by atoms with van der Waals surface area (Å²) in [4.78, 5) is 16.1. The number of thiophene rings is 1. The molecule has 26 heavy (non-hydrogen) atoms. The minimum absolute atomic E-state index is 0.118. The van der Waals surface area contributed by atoms with Crippen LogP contribution in [0.5, 0.6) is 0 Å². The number of nitrogens with one attached hydrogen (secondary N) is 2. The van der Waals surface area contributed by atoms with Gasteiger partial charge in [0.2, 0.25) is 5.91 Å². The maximum Gasteiger partial charge on any atom is 0.220 e. The van der Waals surface area contributed by atoms with E-state index >= 15 is 0 Å². The molecule has 0 bridgehead atoms. The lowest BCUT2D eigenvalue weighted by Crippen LogP contribution is -2.40. The molecule has 1 aliphatic heterocycles. The topological polar surface area (TPSA) is 44.4 Å². The van der Waals surface area contributed by atoms with Crippen molar-refractivity contribution in [2.75, 3.05) is 26.7 Å². The quantitative estimate of drug-likeness (QED) is 0.675. The highest BCUT2D eigenvalue weighted by molar-refractivity contribution is 7.10. The molecule has 0 radical (unpaired) electrons. The number of nitrogens with zero attached hydrogens (tertiary/aromatic N) is 1. The zero-order valence-electron chi connectivity index (χ0n) is 15.1. The second kappa shape index (κ2) is 9.51. The molecular formula is C20H26ClN3OS. The fourth-order valence-corrected chi connectivity index (χ4v) is 4.42. The van der Waals surface area contributed by atoms with Crippen LogP contribution in [0.15, 0.2) is 35.7 Å². The normalized spacial score (nSPS) is 15.5. The molecule has 6 heteroatoms. The first-order valence-electron chi connectivity index (χ1n) is 9.13. The third kappa shape index (κ3) is 5.07. The first-order valence-corrected chi connectivity index (χ1v) is 10.4. The molecule has 0 spiro atoms. The van der Waals surface area contributed by atoms with E-state index in [9.17, 15) is 4.79 Å². The fraction of sp³-hybridized carbons (Fsp3) is 0.450. The van der Waals surface area contributed by atoms with Crippen LogP contribution in [0.4, 0.5) is 0 Å². The average Bonchev–Trinajstić information content (AvgIpc) is 3.11. The van der Waals surface area contributed by atoms with Crippen LogP contribution in [0.25, 0.3) is 0 Å². The van der Waals surface area contributed by atoms with Crippen molar-refractivity contribution in [3.63, 3.8) is 0 Å². The highest BCUT2D eigenvalue weighted by Crippen LogP contribution is 2.30. The number of amides is 1. The van der Waals surface area contributed by atoms with E-state index < -0.39 is 0 Å². The zero-order valence-corrected chi connectivity index (χ0v) is 16.7. The van der Waals surface area contributed by atoms with Crippen LogP contribution in [-0.4, -0.2) is 37.5 Å². The number of hydrogen-bond donors (Lipinski definition) is 2. The van der Waals surface area contributed by atoms with Gasteiger partial charge in [0.1, 0.15) is 0 Å². The van der Waals surface area contributed by atoms with Gasteiger partial charge in [-0.3, -0.25) is 9.69 Å². The number of halogens is 1. The first-order chi connectivity index (χ1) is 12.7. The lowest BCUT2D eigenvalue weighted by molar-refractivity contribution is -0.121. The molecule has 3 rings (SSSR count). The predicted molar refractivity (Wildman–Crippen MR) is 109 cm³/mol. The molecule has 1 aromatic heterocycles. The monoisotopic (exact) mass is 391 g/mol. The number of carbonyl (C=O) groups is 1. The van der Waals surface area contributed by atoms with Gasteiger partial charge in [-0.05, 0) is 61.1 Å². The van der Waals surface area contributed by atoms with Crippen LogP contribution in [0, 0.1) is 0 Å². The minimum Gasteiger partial charge on any atom is -0.354 e. The summed E-state index contributed by atoms with van der Waals surface area (Å²) in [5.74, 6) is 0.118. The predicted octanol–water partition coefficient (Wildman–Crippen LogP) is 3.62. The molecule has 2 N–H and O–H groups in total. The van der Waals surface area contributed by atoms with Crippen molar-refractivity contribution in [3.05, 3.63) is 56.7 Å². The summed E-state index contributed by atoms with van der Waals surface area (Å²) < 4.78 is 0. The van der Waals surface area contributed by atoms with Crippen LogP contribution in [0.2, 0.25) is 5.02 Å². The molecule has 1 aromatic carbocycles. The average molecular weight is 392 g/mol. The standard InChI is InChI=1S/C20H26ClN3OS/c1-22-10-2-3-20(25)23-13-18(15-4-6-17(21)7-5-15)24-11-8-19-16(14-24)9-12-26-19/h4-7,9,12,18,22H,2-3,8,10-11,13-14H2,1H3,(H,23,25). The van der Waals surface area contributed by atoms with Crippen molar-refractivity contribution < 1.29 is 4.79 Å². The Balaban J connectivity index is 1.68. The van der Waals surface area contributed by atoms with Crippen LogP contribution < -0.4 is 10.6 Å². The highest BCUT2D eigenvalue weighted by atomic mass is 35.5. The number of hydrogen-bond acceptors (Lipinski definition) is 4.